The molecule has 1 atom stereocenters. The van der Waals surface area contributed by atoms with Gasteiger partial charge in [-0.25, -0.2) is 5.01 Å². The fourth-order valence-electron chi connectivity index (χ4n) is 1.40. The van der Waals surface area contributed by atoms with Crippen LogP contribution in [0.5, 0.6) is 0 Å². The minimum absolute atomic E-state index is 0.418. The first-order valence-corrected chi connectivity index (χ1v) is 4.42. The molecular formula is C8H18N2O2. The van der Waals surface area contributed by atoms with Crippen LogP contribution in [0.4, 0.5) is 0 Å². The Balaban J connectivity index is 1.98. The second-order valence-corrected chi connectivity index (χ2v) is 3.10. The average molecular weight is 174 g/mol. The first kappa shape index (κ1) is 9.92. The molecule has 12 heavy (non-hydrogen) atoms. The first-order valence-electron chi connectivity index (χ1n) is 4.42. The van der Waals surface area contributed by atoms with Gasteiger partial charge in [0.1, 0.15) is 0 Å². The molecule has 0 spiro atoms. The van der Waals surface area contributed by atoms with Gasteiger partial charge in [0.15, 0.2) is 0 Å². The van der Waals surface area contributed by atoms with E-state index in [1.807, 2.05) is 5.01 Å². The van der Waals surface area contributed by atoms with Gasteiger partial charge in [-0.05, 0) is 12.8 Å². The summed E-state index contributed by atoms with van der Waals surface area (Å²) in [4.78, 5) is 0. The second kappa shape index (κ2) is 5.48. The molecule has 0 aromatic rings. The fraction of sp³-hybridized carbons (Fsp3) is 1.00. The highest BCUT2D eigenvalue weighted by Crippen LogP contribution is 2.12. The third-order valence-electron chi connectivity index (χ3n) is 2.16. The molecule has 0 bridgehead atoms. The lowest BCUT2D eigenvalue weighted by atomic mass is 10.2. The summed E-state index contributed by atoms with van der Waals surface area (Å²) in [6, 6.07) is 0.418. The Labute approximate surface area is 73.6 Å². The van der Waals surface area contributed by atoms with Crippen LogP contribution >= 0.6 is 0 Å². The van der Waals surface area contributed by atoms with E-state index in [1.165, 1.54) is 6.42 Å². The number of hydrogen-bond donors (Lipinski definition) is 1. The van der Waals surface area contributed by atoms with Crippen LogP contribution in [0.1, 0.15) is 12.8 Å². The van der Waals surface area contributed by atoms with Crippen LogP contribution in [0.2, 0.25) is 0 Å². The van der Waals surface area contributed by atoms with Crippen molar-refractivity contribution in [2.75, 3.05) is 33.5 Å². The van der Waals surface area contributed by atoms with Gasteiger partial charge in [0.05, 0.1) is 19.8 Å². The highest BCUT2D eigenvalue weighted by Gasteiger charge is 2.21. The lowest BCUT2D eigenvalue weighted by Gasteiger charge is -2.18. The number of methoxy groups -OCH3 is 1. The van der Waals surface area contributed by atoms with Crippen molar-refractivity contribution in [2.24, 2.45) is 5.84 Å². The van der Waals surface area contributed by atoms with Gasteiger partial charge in [-0.2, -0.15) is 0 Å². The van der Waals surface area contributed by atoms with Gasteiger partial charge in [-0.3, -0.25) is 5.84 Å². The molecule has 1 aliphatic heterocycles. The fourth-order valence-corrected chi connectivity index (χ4v) is 1.40. The molecule has 1 unspecified atom stereocenters. The quantitative estimate of drug-likeness (QED) is 0.470. The smallest absolute Gasteiger partial charge is 0.0701 e. The van der Waals surface area contributed by atoms with Crippen molar-refractivity contribution in [2.45, 2.75) is 18.9 Å². The molecule has 1 heterocycles. The van der Waals surface area contributed by atoms with Gasteiger partial charge in [0, 0.05) is 19.7 Å². The molecule has 0 aromatic heterocycles. The maximum atomic E-state index is 5.72. The summed E-state index contributed by atoms with van der Waals surface area (Å²) in [7, 11) is 1.67. The predicted molar refractivity (Wildman–Crippen MR) is 46.6 cm³/mol. The molecular weight excluding hydrogens is 156 g/mol. The van der Waals surface area contributed by atoms with Crippen LogP contribution in [0.15, 0.2) is 0 Å². The molecule has 0 aliphatic carbocycles. The Morgan fingerprint density at radius 1 is 1.50 bits per heavy atom. The Bertz CT molecular complexity index is 122. The summed E-state index contributed by atoms with van der Waals surface area (Å²) >= 11 is 0. The Kier molecular flexibility index (Phi) is 4.53. The number of hydrazine groups is 1. The summed E-state index contributed by atoms with van der Waals surface area (Å²) in [5.74, 6) is 5.72. The number of rotatable bonds is 5. The van der Waals surface area contributed by atoms with E-state index in [1.54, 1.807) is 7.11 Å². The monoisotopic (exact) mass is 174 g/mol. The van der Waals surface area contributed by atoms with E-state index in [2.05, 4.69) is 0 Å². The molecule has 1 aliphatic rings. The molecule has 0 amide bonds. The topological polar surface area (TPSA) is 47.7 Å². The SMILES string of the molecule is COCCOCC1CCCN1N. The summed E-state index contributed by atoms with van der Waals surface area (Å²) in [6.07, 6.45) is 2.35. The van der Waals surface area contributed by atoms with E-state index in [-0.39, 0.29) is 0 Å². The third kappa shape index (κ3) is 3.06. The zero-order chi connectivity index (χ0) is 8.81. The Morgan fingerprint density at radius 2 is 2.33 bits per heavy atom. The summed E-state index contributed by atoms with van der Waals surface area (Å²) < 4.78 is 10.2. The van der Waals surface area contributed by atoms with Crippen molar-refractivity contribution in [1.82, 2.24) is 5.01 Å². The molecule has 0 radical (unpaired) electrons. The molecule has 72 valence electrons. The maximum absolute atomic E-state index is 5.72. The van der Waals surface area contributed by atoms with Gasteiger partial charge in [-0.15, -0.1) is 0 Å². The molecule has 1 rings (SSSR count). The van der Waals surface area contributed by atoms with E-state index in [9.17, 15) is 0 Å². The van der Waals surface area contributed by atoms with Crippen LogP contribution in [0.3, 0.4) is 0 Å². The van der Waals surface area contributed by atoms with Crippen molar-refractivity contribution in [3.05, 3.63) is 0 Å². The number of nitrogens with zero attached hydrogens (tertiary/aromatic N) is 1. The zero-order valence-corrected chi connectivity index (χ0v) is 7.66. The Hall–Kier alpha value is -0.160. The highest BCUT2D eigenvalue weighted by molar-refractivity contribution is 4.73. The molecule has 2 N–H and O–H groups in total. The van der Waals surface area contributed by atoms with E-state index >= 15 is 0 Å². The van der Waals surface area contributed by atoms with Gasteiger partial charge in [-0.1, -0.05) is 0 Å². The first-order chi connectivity index (χ1) is 5.84. The van der Waals surface area contributed by atoms with Crippen molar-refractivity contribution in [3.63, 3.8) is 0 Å². The summed E-state index contributed by atoms with van der Waals surface area (Å²) in [5.41, 5.74) is 0. The van der Waals surface area contributed by atoms with Crippen molar-refractivity contribution in [3.8, 4) is 0 Å². The van der Waals surface area contributed by atoms with Crippen LogP contribution in [-0.2, 0) is 9.47 Å². The Morgan fingerprint density at radius 3 is 2.92 bits per heavy atom. The minimum Gasteiger partial charge on any atom is -0.382 e. The summed E-state index contributed by atoms with van der Waals surface area (Å²) in [6.45, 7) is 3.07. The lowest BCUT2D eigenvalue weighted by Crippen LogP contribution is -2.38. The van der Waals surface area contributed by atoms with E-state index in [4.69, 9.17) is 15.3 Å². The zero-order valence-electron chi connectivity index (χ0n) is 7.66. The van der Waals surface area contributed by atoms with E-state index in [0.29, 0.717) is 19.3 Å². The van der Waals surface area contributed by atoms with Crippen LogP contribution in [0, 0.1) is 0 Å². The summed E-state index contributed by atoms with van der Waals surface area (Å²) in [5, 5.41) is 1.87. The maximum Gasteiger partial charge on any atom is 0.0701 e. The van der Waals surface area contributed by atoms with Crippen molar-refractivity contribution >= 4 is 0 Å². The van der Waals surface area contributed by atoms with Crippen molar-refractivity contribution in [1.29, 1.82) is 0 Å². The van der Waals surface area contributed by atoms with E-state index in [0.717, 1.165) is 19.6 Å². The van der Waals surface area contributed by atoms with Gasteiger partial charge < -0.3 is 9.47 Å². The molecule has 0 saturated carbocycles. The average Bonchev–Trinajstić information content (AvgIpc) is 2.46. The van der Waals surface area contributed by atoms with Crippen molar-refractivity contribution < 1.29 is 9.47 Å². The minimum atomic E-state index is 0.418. The van der Waals surface area contributed by atoms with Gasteiger partial charge in [0.2, 0.25) is 0 Å². The van der Waals surface area contributed by atoms with E-state index < -0.39 is 0 Å². The standard InChI is InChI=1S/C8H18N2O2/c1-11-5-6-12-7-8-3-2-4-10(8)9/h8H,2-7,9H2,1H3. The van der Waals surface area contributed by atoms with Gasteiger partial charge in [0.25, 0.3) is 0 Å². The normalized spacial score (nSPS) is 25.0. The number of nitrogens with two attached hydrogens (primary N) is 1. The molecule has 4 nitrogen and oxygen atoms in total. The molecule has 1 saturated heterocycles. The molecule has 4 heteroatoms. The third-order valence-corrected chi connectivity index (χ3v) is 2.16. The largest absolute Gasteiger partial charge is 0.382 e. The number of ether oxygens (including phenoxy) is 2. The molecule has 0 aromatic carbocycles. The van der Waals surface area contributed by atoms with Gasteiger partial charge >= 0.3 is 0 Å². The second-order valence-electron chi connectivity index (χ2n) is 3.10. The van der Waals surface area contributed by atoms with Crippen LogP contribution in [-0.4, -0.2) is 44.5 Å². The number of hydrogen-bond acceptors (Lipinski definition) is 4. The predicted octanol–water partition coefficient (Wildman–Crippen LogP) is -0.0125. The van der Waals surface area contributed by atoms with Crippen LogP contribution in [0.25, 0.3) is 0 Å². The highest BCUT2D eigenvalue weighted by atomic mass is 16.5. The molecule has 1 fully saturated rings. The lowest BCUT2D eigenvalue weighted by molar-refractivity contribution is 0.0405. The van der Waals surface area contributed by atoms with Crippen LogP contribution < -0.4 is 5.84 Å².